The lowest BCUT2D eigenvalue weighted by Gasteiger charge is -2.07. The van der Waals surface area contributed by atoms with Crippen molar-refractivity contribution in [2.75, 3.05) is 13.2 Å². The van der Waals surface area contributed by atoms with E-state index in [1.165, 1.54) is 0 Å². The highest BCUT2D eigenvalue weighted by atomic mass is 16.5. The molecular weight excluding hydrogens is 322 g/mol. The van der Waals surface area contributed by atoms with Gasteiger partial charge < -0.3 is 18.4 Å². The maximum atomic E-state index is 11.8. The average Bonchev–Trinajstić information content (AvgIpc) is 3.29. The molecule has 3 heterocycles. The minimum Gasteiger partial charge on any atom is -0.485 e. The monoisotopic (exact) mass is 341 g/mol. The van der Waals surface area contributed by atoms with Crippen molar-refractivity contribution in [1.82, 2.24) is 5.16 Å². The Morgan fingerprint density at radius 1 is 1.24 bits per heavy atom. The minimum absolute atomic E-state index is 0.265. The van der Waals surface area contributed by atoms with Gasteiger partial charge in [-0.15, -0.1) is 0 Å². The van der Waals surface area contributed by atoms with Crippen LogP contribution in [0.2, 0.25) is 0 Å². The summed E-state index contributed by atoms with van der Waals surface area (Å²) in [7, 11) is 0. The molecule has 1 aliphatic heterocycles. The van der Waals surface area contributed by atoms with E-state index < -0.39 is 0 Å². The van der Waals surface area contributed by atoms with Crippen molar-refractivity contribution in [3.8, 4) is 5.75 Å². The van der Waals surface area contributed by atoms with Gasteiger partial charge in [-0.05, 0) is 38.0 Å². The summed E-state index contributed by atoms with van der Waals surface area (Å²) in [4.78, 5) is 11.8. The maximum Gasteiger partial charge on any atom is 0.339 e. The van der Waals surface area contributed by atoms with Gasteiger partial charge in [0.25, 0.3) is 0 Å². The number of aryl methyl sites for hydroxylation is 1. The first kappa shape index (κ1) is 15.9. The third-order valence-corrected chi connectivity index (χ3v) is 4.73. The number of rotatable bonds is 4. The van der Waals surface area contributed by atoms with Crippen LogP contribution in [0, 0.1) is 13.8 Å². The molecule has 1 atom stereocenters. The smallest absolute Gasteiger partial charge is 0.339 e. The van der Waals surface area contributed by atoms with Crippen molar-refractivity contribution in [3.63, 3.8) is 0 Å². The van der Waals surface area contributed by atoms with Gasteiger partial charge in [-0.25, -0.2) is 4.79 Å². The second-order valence-corrected chi connectivity index (χ2v) is 6.36. The number of aromatic nitrogens is 1. The molecule has 1 aliphatic rings. The van der Waals surface area contributed by atoms with Crippen LogP contribution in [0.4, 0.5) is 0 Å². The molecule has 1 unspecified atom stereocenters. The molecule has 130 valence electrons. The Bertz CT molecular complexity index is 966. The number of nitrogens with zero attached hydrogens (tertiary/aromatic N) is 1. The molecule has 0 amide bonds. The van der Waals surface area contributed by atoms with Crippen LogP contribution >= 0.6 is 0 Å². The van der Waals surface area contributed by atoms with E-state index in [4.69, 9.17) is 18.4 Å². The third-order valence-electron chi connectivity index (χ3n) is 4.73. The van der Waals surface area contributed by atoms with Gasteiger partial charge in [0, 0.05) is 35.6 Å². The Morgan fingerprint density at radius 3 is 2.92 bits per heavy atom. The molecule has 0 N–H and O–H groups in total. The zero-order valence-electron chi connectivity index (χ0n) is 14.2. The zero-order chi connectivity index (χ0) is 17.4. The van der Waals surface area contributed by atoms with E-state index in [0.717, 1.165) is 29.7 Å². The van der Waals surface area contributed by atoms with Crippen molar-refractivity contribution < 1.29 is 18.4 Å². The fourth-order valence-electron chi connectivity index (χ4n) is 3.03. The van der Waals surface area contributed by atoms with Crippen LogP contribution in [0.5, 0.6) is 5.75 Å². The molecule has 2 aromatic heterocycles. The molecule has 0 saturated carbocycles. The second-order valence-electron chi connectivity index (χ2n) is 6.36. The second kappa shape index (κ2) is 6.37. The molecular formula is C19H19NO5. The number of benzene rings is 1. The summed E-state index contributed by atoms with van der Waals surface area (Å²) < 4.78 is 21.8. The van der Waals surface area contributed by atoms with Gasteiger partial charge >= 0.3 is 5.63 Å². The van der Waals surface area contributed by atoms with Gasteiger partial charge in [0.15, 0.2) is 5.76 Å². The highest BCUT2D eigenvalue weighted by molar-refractivity contribution is 5.82. The number of hydrogen-bond donors (Lipinski definition) is 0. The molecule has 1 saturated heterocycles. The van der Waals surface area contributed by atoms with Crippen LogP contribution in [0.1, 0.15) is 34.9 Å². The molecule has 25 heavy (non-hydrogen) atoms. The number of ether oxygens (including phenoxy) is 2. The quantitative estimate of drug-likeness (QED) is 0.676. The molecule has 1 aromatic carbocycles. The Balaban J connectivity index is 1.51. The molecule has 1 fully saturated rings. The first-order chi connectivity index (χ1) is 12.1. The van der Waals surface area contributed by atoms with Crippen molar-refractivity contribution in [2.24, 2.45) is 0 Å². The summed E-state index contributed by atoms with van der Waals surface area (Å²) in [6.45, 7) is 5.40. The van der Waals surface area contributed by atoms with Crippen LogP contribution in [0.15, 0.2) is 38.0 Å². The summed E-state index contributed by atoms with van der Waals surface area (Å²) in [5.74, 6) is 1.57. The summed E-state index contributed by atoms with van der Waals surface area (Å²) >= 11 is 0. The van der Waals surface area contributed by atoms with Crippen LogP contribution in [0.3, 0.4) is 0 Å². The average molecular weight is 341 g/mol. The van der Waals surface area contributed by atoms with Gasteiger partial charge in [0.05, 0.1) is 12.3 Å². The van der Waals surface area contributed by atoms with Crippen LogP contribution < -0.4 is 10.4 Å². The van der Waals surface area contributed by atoms with Gasteiger partial charge in [-0.2, -0.15) is 0 Å². The minimum atomic E-state index is -0.319. The van der Waals surface area contributed by atoms with E-state index in [9.17, 15) is 4.79 Å². The van der Waals surface area contributed by atoms with E-state index in [0.29, 0.717) is 35.2 Å². The van der Waals surface area contributed by atoms with Crippen molar-refractivity contribution in [3.05, 3.63) is 57.3 Å². The van der Waals surface area contributed by atoms with Gasteiger partial charge in [-0.1, -0.05) is 5.16 Å². The van der Waals surface area contributed by atoms with E-state index in [1.54, 1.807) is 13.0 Å². The fraction of sp³-hybridized carbons (Fsp3) is 0.368. The topological polar surface area (TPSA) is 74.7 Å². The predicted molar refractivity (Wildman–Crippen MR) is 91.0 cm³/mol. The fourth-order valence-corrected chi connectivity index (χ4v) is 3.03. The lowest BCUT2D eigenvalue weighted by Crippen LogP contribution is -2.05. The number of fused-ring (bicyclic) bond motifs is 1. The Hall–Kier alpha value is -2.60. The summed E-state index contributed by atoms with van der Waals surface area (Å²) in [5, 5.41) is 5.01. The zero-order valence-corrected chi connectivity index (χ0v) is 14.2. The van der Waals surface area contributed by atoms with E-state index >= 15 is 0 Å². The normalized spacial score (nSPS) is 17.3. The van der Waals surface area contributed by atoms with E-state index in [2.05, 4.69) is 5.16 Å². The van der Waals surface area contributed by atoms with Crippen molar-refractivity contribution in [1.29, 1.82) is 0 Å². The number of hydrogen-bond acceptors (Lipinski definition) is 6. The molecule has 3 aromatic rings. The first-order valence-corrected chi connectivity index (χ1v) is 8.32. The van der Waals surface area contributed by atoms with Gasteiger partial charge in [0.1, 0.15) is 17.9 Å². The molecule has 0 radical (unpaired) electrons. The highest BCUT2D eigenvalue weighted by Crippen LogP contribution is 2.26. The summed E-state index contributed by atoms with van der Waals surface area (Å²) in [6, 6.07) is 7.40. The molecule has 0 bridgehead atoms. The largest absolute Gasteiger partial charge is 0.485 e. The van der Waals surface area contributed by atoms with E-state index in [-0.39, 0.29) is 12.2 Å². The molecule has 6 nitrogen and oxygen atoms in total. The van der Waals surface area contributed by atoms with Gasteiger partial charge in [-0.3, -0.25) is 0 Å². The Labute approximate surface area is 144 Å². The van der Waals surface area contributed by atoms with Gasteiger partial charge in [0.2, 0.25) is 0 Å². The summed E-state index contributed by atoms with van der Waals surface area (Å²) in [5.41, 5.74) is 2.67. The third kappa shape index (κ3) is 3.05. The molecule has 0 aliphatic carbocycles. The van der Waals surface area contributed by atoms with Crippen molar-refractivity contribution >= 4 is 11.0 Å². The highest BCUT2D eigenvalue weighted by Gasteiger charge is 2.21. The lowest BCUT2D eigenvalue weighted by molar-refractivity contribution is 0.193. The van der Waals surface area contributed by atoms with E-state index in [1.807, 2.05) is 25.1 Å². The predicted octanol–water partition coefficient (Wildman–Crippen LogP) is 3.48. The lowest BCUT2D eigenvalue weighted by atomic mass is 10.1. The maximum absolute atomic E-state index is 11.8. The first-order valence-electron chi connectivity index (χ1n) is 8.32. The Kier molecular flexibility index (Phi) is 4.05. The molecule has 6 heteroatoms. The van der Waals surface area contributed by atoms with Crippen LogP contribution in [-0.4, -0.2) is 18.4 Å². The van der Waals surface area contributed by atoms with Crippen molar-refractivity contribution in [2.45, 2.75) is 32.8 Å². The SMILES string of the molecule is Cc1c(C)c2ccc(OCc3cc(C4CCOC4)no3)cc2oc1=O. The summed E-state index contributed by atoms with van der Waals surface area (Å²) in [6.07, 6.45) is 0.968. The Morgan fingerprint density at radius 2 is 2.12 bits per heavy atom. The standard InChI is InChI=1S/C19H19NO5/c1-11-12(2)19(21)24-18-8-14(3-4-16(11)18)23-10-15-7-17(20-25-15)13-5-6-22-9-13/h3-4,7-8,13H,5-6,9-10H2,1-2H3. The molecule has 4 rings (SSSR count). The molecule has 0 spiro atoms. The van der Waals surface area contributed by atoms with Crippen LogP contribution in [-0.2, 0) is 11.3 Å². The van der Waals surface area contributed by atoms with Crippen LogP contribution in [0.25, 0.3) is 11.0 Å².